The summed E-state index contributed by atoms with van der Waals surface area (Å²) >= 11 is 0. The number of hydrogen-bond acceptors (Lipinski definition) is 6. The maximum atomic E-state index is 12.6. The van der Waals surface area contributed by atoms with Gasteiger partial charge in [-0.3, -0.25) is 9.59 Å². The van der Waals surface area contributed by atoms with Crippen LogP contribution in [0, 0.1) is 5.92 Å². The molecule has 8 heteroatoms. The van der Waals surface area contributed by atoms with Crippen molar-refractivity contribution in [3.05, 3.63) is 65.7 Å². The second kappa shape index (κ2) is 12.7. The number of hydrogen-bond donors (Lipinski definition) is 1. The van der Waals surface area contributed by atoms with Crippen molar-refractivity contribution in [2.24, 2.45) is 5.92 Å². The predicted molar refractivity (Wildman–Crippen MR) is 131 cm³/mol. The highest BCUT2D eigenvalue weighted by Gasteiger charge is 2.21. The van der Waals surface area contributed by atoms with Gasteiger partial charge in [-0.05, 0) is 76.1 Å². The highest BCUT2D eigenvalue weighted by molar-refractivity contribution is 7.89. The molecule has 0 bridgehead atoms. The molecule has 0 saturated heterocycles. The van der Waals surface area contributed by atoms with Gasteiger partial charge in [-0.2, -0.15) is 4.72 Å². The third kappa shape index (κ3) is 9.65. The van der Waals surface area contributed by atoms with Gasteiger partial charge in [0.05, 0.1) is 17.9 Å². The Balaban J connectivity index is 1.93. The van der Waals surface area contributed by atoms with E-state index < -0.39 is 28.1 Å². The number of esters is 2. The third-order valence-electron chi connectivity index (χ3n) is 5.21. The van der Waals surface area contributed by atoms with E-state index in [1.54, 1.807) is 32.9 Å². The van der Waals surface area contributed by atoms with E-state index in [4.69, 9.17) is 9.47 Å². The summed E-state index contributed by atoms with van der Waals surface area (Å²) < 4.78 is 37.6. The number of carbonyl (C=O) groups excluding carboxylic acids is 2. The maximum Gasteiger partial charge on any atom is 0.321 e. The summed E-state index contributed by atoms with van der Waals surface area (Å²) in [5.74, 6) is -1.08. The molecule has 0 aromatic heterocycles. The highest BCUT2D eigenvalue weighted by atomic mass is 32.2. The number of ether oxygens (including phenoxy) is 2. The molecule has 34 heavy (non-hydrogen) atoms. The zero-order valence-electron chi connectivity index (χ0n) is 20.4. The molecule has 2 aromatic rings. The van der Waals surface area contributed by atoms with Gasteiger partial charge in [0.1, 0.15) is 12.1 Å². The number of methoxy groups -OCH3 is 1. The largest absolute Gasteiger partial charge is 0.469 e. The minimum absolute atomic E-state index is 0.0853. The van der Waals surface area contributed by atoms with Crippen LogP contribution in [0.4, 0.5) is 0 Å². The summed E-state index contributed by atoms with van der Waals surface area (Å²) in [4.78, 5) is 24.2. The average molecular weight is 490 g/mol. The minimum Gasteiger partial charge on any atom is -0.469 e. The van der Waals surface area contributed by atoms with Crippen molar-refractivity contribution in [2.75, 3.05) is 13.7 Å². The van der Waals surface area contributed by atoms with Crippen molar-refractivity contribution in [3.63, 3.8) is 0 Å². The molecule has 1 unspecified atom stereocenters. The number of carbonyl (C=O) groups is 2. The zero-order valence-corrected chi connectivity index (χ0v) is 21.2. The monoisotopic (exact) mass is 489 g/mol. The smallest absolute Gasteiger partial charge is 0.321 e. The van der Waals surface area contributed by atoms with Crippen molar-refractivity contribution in [3.8, 4) is 0 Å². The van der Waals surface area contributed by atoms with Crippen LogP contribution in [0.1, 0.15) is 51.2 Å². The van der Waals surface area contributed by atoms with Crippen LogP contribution in [-0.2, 0) is 41.9 Å². The van der Waals surface area contributed by atoms with Crippen LogP contribution in [0.5, 0.6) is 0 Å². The Labute approximate surface area is 202 Å². The van der Waals surface area contributed by atoms with E-state index in [0.29, 0.717) is 25.7 Å². The van der Waals surface area contributed by atoms with Crippen LogP contribution in [0.15, 0.2) is 59.5 Å². The lowest BCUT2D eigenvalue weighted by Gasteiger charge is -2.19. The molecular weight excluding hydrogens is 454 g/mol. The summed E-state index contributed by atoms with van der Waals surface area (Å²) in [6, 6.07) is 16.6. The lowest BCUT2D eigenvalue weighted by molar-refractivity contribution is -0.153. The highest BCUT2D eigenvalue weighted by Crippen LogP contribution is 2.20. The Morgan fingerprint density at radius 2 is 1.62 bits per heavy atom. The summed E-state index contributed by atoms with van der Waals surface area (Å²) in [6.45, 7) is 4.71. The fourth-order valence-corrected chi connectivity index (χ4v) is 4.61. The van der Waals surface area contributed by atoms with Crippen molar-refractivity contribution in [2.45, 2.75) is 63.4 Å². The maximum absolute atomic E-state index is 12.6. The molecule has 1 atom stereocenters. The predicted octanol–water partition coefficient (Wildman–Crippen LogP) is 4.05. The quantitative estimate of drug-likeness (QED) is 0.452. The number of benzene rings is 2. The topological polar surface area (TPSA) is 98.8 Å². The number of aryl methyl sites for hydroxylation is 2. The Hall–Kier alpha value is -2.71. The Kier molecular flexibility index (Phi) is 10.3. The molecule has 0 amide bonds. The van der Waals surface area contributed by atoms with Crippen molar-refractivity contribution in [1.82, 2.24) is 4.72 Å². The standard InChI is InChI=1S/C26H35NO6S/c1-26(2,3)33-24(28)19-27-34(30,31)23-15-9-13-21(18-23)12-8-14-22(25(29)32-4)17-16-20-10-6-5-7-11-20/h5-7,9-11,13,15,18,22,27H,8,12,14,16-17,19H2,1-4H3. The van der Waals surface area contributed by atoms with E-state index in [-0.39, 0.29) is 16.8 Å². The first-order chi connectivity index (χ1) is 16.0. The Morgan fingerprint density at radius 3 is 2.26 bits per heavy atom. The summed E-state index contributed by atoms with van der Waals surface area (Å²) in [7, 11) is -2.46. The van der Waals surface area contributed by atoms with E-state index in [0.717, 1.165) is 12.0 Å². The first-order valence-electron chi connectivity index (χ1n) is 11.4. The molecule has 0 saturated carbocycles. The van der Waals surface area contributed by atoms with E-state index in [2.05, 4.69) is 4.72 Å². The molecule has 0 fully saturated rings. The number of nitrogens with one attached hydrogen (secondary N) is 1. The molecule has 0 radical (unpaired) electrons. The second-order valence-corrected chi connectivity index (χ2v) is 11.0. The van der Waals surface area contributed by atoms with Crippen molar-refractivity contribution < 1.29 is 27.5 Å². The van der Waals surface area contributed by atoms with Crippen LogP contribution in [-0.4, -0.2) is 39.6 Å². The lowest BCUT2D eigenvalue weighted by atomic mass is 9.93. The van der Waals surface area contributed by atoms with Gasteiger partial charge in [-0.1, -0.05) is 42.5 Å². The number of sulfonamides is 1. The first kappa shape index (κ1) is 27.5. The average Bonchev–Trinajstić information content (AvgIpc) is 2.79. The molecule has 0 aliphatic carbocycles. The third-order valence-corrected chi connectivity index (χ3v) is 6.61. The summed E-state index contributed by atoms with van der Waals surface area (Å²) in [5, 5.41) is 0. The molecule has 0 aliphatic heterocycles. The summed E-state index contributed by atoms with van der Waals surface area (Å²) in [6.07, 6.45) is 3.46. The van der Waals surface area contributed by atoms with Gasteiger partial charge in [-0.15, -0.1) is 0 Å². The number of rotatable bonds is 12. The molecule has 0 aliphatic rings. The van der Waals surface area contributed by atoms with Gasteiger partial charge < -0.3 is 9.47 Å². The van der Waals surface area contributed by atoms with Gasteiger partial charge in [0.25, 0.3) is 0 Å². The first-order valence-corrected chi connectivity index (χ1v) is 12.9. The van der Waals surface area contributed by atoms with Crippen LogP contribution in [0.25, 0.3) is 0 Å². The van der Waals surface area contributed by atoms with Crippen LogP contribution in [0.2, 0.25) is 0 Å². The second-order valence-electron chi connectivity index (χ2n) is 9.19. The van der Waals surface area contributed by atoms with Gasteiger partial charge >= 0.3 is 11.9 Å². The summed E-state index contributed by atoms with van der Waals surface area (Å²) in [5.41, 5.74) is 1.33. The van der Waals surface area contributed by atoms with E-state index in [1.807, 2.05) is 36.4 Å². The van der Waals surface area contributed by atoms with Gasteiger partial charge in [0.2, 0.25) is 10.0 Å². The molecule has 0 spiro atoms. The Bertz CT molecular complexity index is 1040. The lowest BCUT2D eigenvalue weighted by Crippen LogP contribution is -2.34. The SMILES string of the molecule is COC(=O)C(CCCc1cccc(S(=O)(=O)NCC(=O)OC(C)(C)C)c1)CCc1ccccc1. The Morgan fingerprint density at radius 1 is 0.941 bits per heavy atom. The van der Waals surface area contributed by atoms with Crippen LogP contribution < -0.4 is 4.72 Å². The van der Waals surface area contributed by atoms with Crippen molar-refractivity contribution in [1.29, 1.82) is 0 Å². The molecule has 2 rings (SSSR count). The molecule has 1 N–H and O–H groups in total. The fraction of sp³-hybridized carbons (Fsp3) is 0.462. The molecular formula is C26H35NO6S. The minimum atomic E-state index is -3.86. The van der Waals surface area contributed by atoms with Gasteiger partial charge in [-0.25, -0.2) is 8.42 Å². The van der Waals surface area contributed by atoms with Crippen LogP contribution in [0.3, 0.4) is 0 Å². The molecule has 0 heterocycles. The van der Waals surface area contributed by atoms with Gasteiger partial charge in [0.15, 0.2) is 0 Å². The van der Waals surface area contributed by atoms with Crippen molar-refractivity contribution >= 4 is 22.0 Å². The normalized spacial score (nSPS) is 12.7. The molecule has 186 valence electrons. The van der Waals surface area contributed by atoms with E-state index in [1.165, 1.54) is 18.7 Å². The van der Waals surface area contributed by atoms with Crippen LogP contribution >= 0.6 is 0 Å². The van der Waals surface area contributed by atoms with Gasteiger partial charge in [0, 0.05) is 0 Å². The van der Waals surface area contributed by atoms with E-state index in [9.17, 15) is 18.0 Å². The fourth-order valence-electron chi connectivity index (χ4n) is 3.57. The zero-order chi connectivity index (χ0) is 25.2. The van der Waals surface area contributed by atoms with E-state index >= 15 is 0 Å². The molecule has 7 nitrogen and oxygen atoms in total. The molecule has 2 aromatic carbocycles.